The molecule has 0 aromatic heterocycles. The highest BCUT2D eigenvalue weighted by Crippen LogP contribution is 2.41. The van der Waals surface area contributed by atoms with Gasteiger partial charge in [-0.15, -0.1) is 0 Å². The van der Waals surface area contributed by atoms with Crippen LogP contribution < -0.4 is 0 Å². The summed E-state index contributed by atoms with van der Waals surface area (Å²) in [6.45, 7) is 3.15. The minimum atomic E-state index is -3.72. The summed E-state index contributed by atoms with van der Waals surface area (Å²) >= 11 is 0. The Balaban J connectivity index is 2.20. The minimum Gasteiger partial charge on any atom is -0.478 e. The molecule has 4 nitrogen and oxygen atoms in total. The van der Waals surface area contributed by atoms with Crippen LogP contribution in [0.15, 0.2) is 47.4 Å². The van der Waals surface area contributed by atoms with Crippen molar-refractivity contribution in [2.24, 2.45) is 0 Å². The third-order valence-corrected chi connectivity index (χ3v) is 5.21. The molecule has 0 atom stereocenters. The molecule has 1 aliphatic heterocycles. The number of halogens is 2. The lowest BCUT2D eigenvalue weighted by Gasteiger charge is -2.18. The van der Waals surface area contributed by atoms with Crippen LogP contribution in [0, 0.1) is 11.6 Å². The van der Waals surface area contributed by atoms with Gasteiger partial charge in [-0.05, 0) is 49.7 Å². The SMILES string of the molecule is CC1(C)OC(c2ccc(S(C)(=O)=O)c(F)c2)=C(c2ccc(F)cc2)C1=O. The van der Waals surface area contributed by atoms with Crippen molar-refractivity contribution in [2.45, 2.75) is 24.3 Å². The van der Waals surface area contributed by atoms with E-state index in [1.54, 1.807) is 13.8 Å². The molecule has 0 N–H and O–H groups in total. The van der Waals surface area contributed by atoms with Crippen molar-refractivity contribution in [2.75, 3.05) is 6.26 Å². The first-order valence-electron chi connectivity index (χ1n) is 7.75. The molecular formula is C19H16F2O4S. The molecular weight excluding hydrogens is 362 g/mol. The summed E-state index contributed by atoms with van der Waals surface area (Å²) in [4.78, 5) is 12.3. The zero-order valence-electron chi connectivity index (χ0n) is 14.3. The third-order valence-electron chi connectivity index (χ3n) is 4.08. The first-order chi connectivity index (χ1) is 12.0. The lowest BCUT2D eigenvalue weighted by Crippen LogP contribution is -2.29. The van der Waals surface area contributed by atoms with Gasteiger partial charge in [-0.2, -0.15) is 0 Å². The van der Waals surface area contributed by atoms with E-state index < -0.39 is 32.0 Å². The van der Waals surface area contributed by atoms with Crippen LogP contribution in [-0.2, 0) is 19.4 Å². The van der Waals surface area contributed by atoms with Gasteiger partial charge < -0.3 is 4.74 Å². The molecule has 0 radical (unpaired) electrons. The van der Waals surface area contributed by atoms with Gasteiger partial charge in [0, 0.05) is 11.8 Å². The molecule has 0 aliphatic carbocycles. The predicted octanol–water partition coefficient (Wildman–Crippen LogP) is 3.61. The summed E-state index contributed by atoms with van der Waals surface area (Å²) in [7, 11) is -3.72. The summed E-state index contributed by atoms with van der Waals surface area (Å²) in [6.07, 6.45) is 0.910. The van der Waals surface area contributed by atoms with Gasteiger partial charge in [0.2, 0.25) is 5.78 Å². The van der Waals surface area contributed by atoms with E-state index in [9.17, 15) is 22.0 Å². The van der Waals surface area contributed by atoms with Gasteiger partial charge in [-0.1, -0.05) is 12.1 Å². The predicted molar refractivity (Wildman–Crippen MR) is 92.9 cm³/mol. The third kappa shape index (κ3) is 3.14. The Morgan fingerprint density at radius 1 is 0.962 bits per heavy atom. The zero-order chi connectivity index (χ0) is 19.3. The Labute approximate surface area is 150 Å². The van der Waals surface area contributed by atoms with E-state index in [1.807, 2.05) is 0 Å². The molecule has 0 spiro atoms. The fourth-order valence-corrected chi connectivity index (χ4v) is 3.51. The number of carbonyl (C=O) groups is 1. The largest absolute Gasteiger partial charge is 0.478 e. The fraction of sp³-hybridized carbons (Fsp3) is 0.211. The van der Waals surface area contributed by atoms with Crippen LogP contribution >= 0.6 is 0 Å². The van der Waals surface area contributed by atoms with Crippen molar-refractivity contribution >= 4 is 27.0 Å². The number of hydrogen-bond acceptors (Lipinski definition) is 4. The van der Waals surface area contributed by atoms with Gasteiger partial charge in [0.25, 0.3) is 0 Å². The molecule has 2 aromatic rings. The maximum atomic E-state index is 14.3. The Morgan fingerprint density at radius 2 is 1.54 bits per heavy atom. The molecule has 3 rings (SSSR count). The van der Waals surface area contributed by atoms with Gasteiger partial charge in [0.1, 0.15) is 22.3 Å². The molecule has 0 fully saturated rings. The number of sulfone groups is 1. The molecule has 0 bridgehead atoms. The van der Waals surface area contributed by atoms with Crippen molar-refractivity contribution in [3.63, 3.8) is 0 Å². The molecule has 1 aliphatic rings. The number of rotatable bonds is 3. The van der Waals surface area contributed by atoms with Gasteiger partial charge in [-0.3, -0.25) is 4.79 Å². The van der Waals surface area contributed by atoms with Crippen molar-refractivity contribution in [1.82, 2.24) is 0 Å². The highest BCUT2D eigenvalue weighted by molar-refractivity contribution is 7.90. The number of benzene rings is 2. The van der Waals surface area contributed by atoms with E-state index >= 15 is 0 Å². The molecule has 0 saturated heterocycles. The Kier molecular flexibility index (Phi) is 4.23. The van der Waals surface area contributed by atoms with Crippen molar-refractivity contribution in [1.29, 1.82) is 0 Å². The molecule has 26 heavy (non-hydrogen) atoms. The Hall–Kier alpha value is -2.54. The molecule has 0 saturated carbocycles. The summed E-state index contributed by atoms with van der Waals surface area (Å²) in [5, 5.41) is 0. The summed E-state index contributed by atoms with van der Waals surface area (Å²) in [5.41, 5.74) is -0.315. The monoisotopic (exact) mass is 378 g/mol. The maximum absolute atomic E-state index is 14.3. The van der Waals surface area contributed by atoms with E-state index in [1.165, 1.54) is 30.3 Å². The normalized spacial score (nSPS) is 16.7. The van der Waals surface area contributed by atoms with Crippen LogP contribution in [0.1, 0.15) is 25.0 Å². The van der Waals surface area contributed by atoms with E-state index in [4.69, 9.17) is 4.74 Å². The first kappa shape index (κ1) is 18.3. The highest BCUT2D eigenvalue weighted by atomic mass is 32.2. The summed E-state index contributed by atoms with van der Waals surface area (Å²) in [6, 6.07) is 8.84. The number of Topliss-reactive ketones (excluding diaryl/α,β-unsaturated/α-hetero) is 1. The zero-order valence-corrected chi connectivity index (χ0v) is 15.2. The van der Waals surface area contributed by atoms with Gasteiger partial charge in [0.05, 0.1) is 5.57 Å². The average Bonchev–Trinajstić information content (AvgIpc) is 2.77. The summed E-state index contributed by atoms with van der Waals surface area (Å²) < 4.78 is 56.4. The van der Waals surface area contributed by atoms with E-state index in [2.05, 4.69) is 0 Å². The van der Waals surface area contributed by atoms with Crippen LogP contribution in [0.3, 0.4) is 0 Å². The first-order valence-corrected chi connectivity index (χ1v) is 9.64. The van der Waals surface area contributed by atoms with E-state index in [0.29, 0.717) is 5.56 Å². The second kappa shape index (κ2) is 6.02. The van der Waals surface area contributed by atoms with Crippen LogP contribution in [0.25, 0.3) is 11.3 Å². The van der Waals surface area contributed by atoms with Crippen LogP contribution in [0.4, 0.5) is 8.78 Å². The second-order valence-corrected chi connectivity index (χ2v) is 8.55. The lowest BCUT2D eigenvalue weighted by atomic mass is 9.92. The van der Waals surface area contributed by atoms with Crippen LogP contribution in [0.5, 0.6) is 0 Å². The fourth-order valence-electron chi connectivity index (χ4n) is 2.78. The Morgan fingerprint density at radius 3 is 2.08 bits per heavy atom. The average molecular weight is 378 g/mol. The van der Waals surface area contributed by atoms with Crippen molar-refractivity contribution in [3.05, 3.63) is 65.2 Å². The van der Waals surface area contributed by atoms with E-state index in [-0.39, 0.29) is 22.7 Å². The quantitative estimate of drug-likeness (QED) is 0.819. The molecule has 7 heteroatoms. The second-order valence-electron chi connectivity index (χ2n) is 6.57. The Bertz CT molecular complexity index is 1040. The molecule has 2 aromatic carbocycles. The van der Waals surface area contributed by atoms with Gasteiger partial charge in [-0.25, -0.2) is 17.2 Å². The highest BCUT2D eigenvalue weighted by Gasteiger charge is 2.43. The lowest BCUT2D eigenvalue weighted by molar-refractivity contribution is -0.125. The minimum absolute atomic E-state index is 0.130. The number of ether oxygens (including phenoxy) is 1. The van der Waals surface area contributed by atoms with Crippen LogP contribution in [-0.4, -0.2) is 26.1 Å². The number of ketones is 1. The topological polar surface area (TPSA) is 60.4 Å². The number of carbonyl (C=O) groups excluding carboxylic acids is 1. The maximum Gasteiger partial charge on any atom is 0.210 e. The van der Waals surface area contributed by atoms with Crippen molar-refractivity contribution < 1.29 is 26.7 Å². The molecule has 1 heterocycles. The van der Waals surface area contributed by atoms with E-state index in [0.717, 1.165) is 18.4 Å². The van der Waals surface area contributed by atoms with Crippen molar-refractivity contribution in [3.8, 4) is 0 Å². The summed E-state index contributed by atoms with van der Waals surface area (Å²) in [5.74, 6) is -1.58. The van der Waals surface area contributed by atoms with Crippen LogP contribution in [0.2, 0.25) is 0 Å². The van der Waals surface area contributed by atoms with Gasteiger partial charge in [0.15, 0.2) is 15.4 Å². The van der Waals surface area contributed by atoms with Gasteiger partial charge >= 0.3 is 0 Å². The molecule has 0 amide bonds. The standard InChI is InChI=1S/C19H16F2O4S/c1-19(2)18(22)16(11-4-7-13(20)8-5-11)17(25-19)12-6-9-15(14(21)10-12)26(3,23)24/h4-10H,1-3H3. The molecule has 0 unspecified atom stereocenters. The number of hydrogen-bond donors (Lipinski definition) is 0. The smallest absolute Gasteiger partial charge is 0.210 e. The molecule has 136 valence electrons.